The van der Waals surface area contributed by atoms with Gasteiger partial charge in [0.05, 0.1) is 23.3 Å². The molecule has 8 heteroatoms. The minimum atomic E-state index is -0.227. The van der Waals surface area contributed by atoms with Gasteiger partial charge in [-0.05, 0) is 36.4 Å². The van der Waals surface area contributed by atoms with Crippen LogP contribution in [0.25, 0.3) is 11.0 Å². The van der Waals surface area contributed by atoms with Gasteiger partial charge in [-0.15, -0.1) is 0 Å². The van der Waals surface area contributed by atoms with Gasteiger partial charge >= 0.3 is 5.69 Å². The minimum Gasteiger partial charge on any atom is -0.497 e. The van der Waals surface area contributed by atoms with E-state index in [4.69, 9.17) is 32.3 Å². The van der Waals surface area contributed by atoms with E-state index in [1.54, 1.807) is 43.5 Å². The van der Waals surface area contributed by atoms with Crippen LogP contribution in [0.5, 0.6) is 5.75 Å². The third-order valence-corrected chi connectivity index (χ3v) is 3.74. The number of thiocarbonyl (C=S) groups is 1. The second-order valence-electron chi connectivity index (χ2n) is 5.13. The zero-order valence-electron chi connectivity index (χ0n) is 13.2. The van der Waals surface area contributed by atoms with Crippen molar-refractivity contribution in [1.29, 1.82) is 0 Å². The van der Waals surface area contributed by atoms with E-state index in [0.717, 1.165) is 0 Å². The maximum Gasteiger partial charge on any atom is 0.317 e. The summed E-state index contributed by atoms with van der Waals surface area (Å²) in [5.41, 5.74) is 7.62. The Bertz CT molecular complexity index is 1040. The van der Waals surface area contributed by atoms with Gasteiger partial charge in [0, 0.05) is 17.5 Å². The highest BCUT2D eigenvalue weighted by molar-refractivity contribution is 7.80. The van der Waals surface area contributed by atoms with E-state index >= 15 is 0 Å². The topological polar surface area (TPSA) is 101 Å². The molecule has 3 rings (SSSR count). The molecule has 0 aliphatic heterocycles. The summed E-state index contributed by atoms with van der Waals surface area (Å²) in [5.74, 6) is 0.711. The second-order valence-corrected chi connectivity index (χ2v) is 5.57. The Kier molecular flexibility index (Phi) is 4.44. The van der Waals surface area contributed by atoms with E-state index in [1.165, 1.54) is 12.1 Å². The Morgan fingerprint density at radius 2 is 1.96 bits per heavy atom. The summed E-state index contributed by atoms with van der Waals surface area (Å²) in [4.78, 5) is 15.3. The Hall–Kier alpha value is -3.26. The lowest BCUT2D eigenvalue weighted by Gasteiger charge is -2.03. The molecule has 0 fully saturated rings. The van der Waals surface area contributed by atoms with E-state index < -0.39 is 0 Å². The molecule has 0 aliphatic carbocycles. The van der Waals surface area contributed by atoms with Crippen molar-refractivity contribution in [3.63, 3.8) is 0 Å². The predicted molar refractivity (Wildman–Crippen MR) is 95.4 cm³/mol. The number of hydrogen-bond acceptors (Lipinski definition) is 5. The molecule has 126 valence electrons. The van der Waals surface area contributed by atoms with Crippen molar-refractivity contribution in [2.24, 2.45) is 10.7 Å². The molecule has 0 amide bonds. The Balaban J connectivity index is 2.20. The standard InChI is InChI=1S/C17H13N3O4S/c1-23-13-5-2-11(3-6-13)19-17-14(16(18)25)9-10-8-12(20(21)22)4-7-15(10)24-17/h2-9H,1H3,(H2-,18,21,22,25)/p+1/b19-17-. The van der Waals surface area contributed by atoms with Crippen LogP contribution < -0.4 is 16.0 Å². The lowest BCUT2D eigenvalue weighted by Crippen LogP contribution is -2.20. The van der Waals surface area contributed by atoms with Crippen molar-refractivity contribution in [3.05, 3.63) is 64.6 Å². The lowest BCUT2D eigenvalue weighted by molar-refractivity contribution is -0.729. The molecule has 3 N–H and O–H groups in total. The van der Waals surface area contributed by atoms with Crippen LogP contribution in [0.2, 0.25) is 0 Å². The molecule has 0 saturated heterocycles. The Morgan fingerprint density at radius 1 is 1.24 bits per heavy atom. The number of methoxy groups -OCH3 is 1. The molecule has 0 radical (unpaired) electrons. The van der Waals surface area contributed by atoms with Crippen molar-refractivity contribution in [2.45, 2.75) is 0 Å². The Labute approximate surface area is 147 Å². The van der Waals surface area contributed by atoms with Gasteiger partial charge in [-0.1, -0.05) is 12.2 Å². The fraction of sp³-hybridized carbons (Fsp3) is 0.0588. The number of fused-ring (bicyclic) bond motifs is 1. The van der Waals surface area contributed by atoms with E-state index in [2.05, 4.69) is 4.99 Å². The average molecular weight is 356 g/mol. The van der Waals surface area contributed by atoms with E-state index in [9.17, 15) is 4.91 Å². The number of rotatable bonds is 4. The molecule has 0 spiro atoms. The molecular formula is C17H14N3O4S+. The monoisotopic (exact) mass is 356 g/mol. The van der Waals surface area contributed by atoms with Crippen LogP contribution in [-0.2, 0) is 0 Å². The summed E-state index contributed by atoms with van der Waals surface area (Å²) in [6.07, 6.45) is 0. The molecule has 0 atom stereocenters. The number of hydrogen-bond donors (Lipinski definition) is 2. The molecule has 1 heterocycles. The van der Waals surface area contributed by atoms with Crippen molar-refractivity contribution in [1.82, 2.24) is 0 Å². The van der Waals surface area contributed by atoms with Gasteiger partial charge in [-0.2, -0.15) is 0 Å². The van der Waals surface area contributed by atoms with Gasteiger partial charge in [0.1, 0.15) is 16.3 Å². The summed E-state index contributed by atoms with van der Waals surface area (Å²) in [5, 5.41) is 9.58. The van der Waals surface area contributed by atoms with Crippen LogP contribution in [0.3, 0.4) is 0 Å². The van der Waals surface area contributed by atoms with Crippen molar-refractivity contribution >= 4 is 39.6 Å². The smallest absolute Gasteiger partial charge is 0.317 e. The maximum atomic E-state index is 11.0. The first-order valence-corrected chi connectivity index (χ1v) is 7.61. The van der Waals surface area contributed by atoms with Gasteiger partial charge in [0.15, 0.2) is 0 Å². The SMILES string of the molecule is COc1ccc(/N=c2\oc3ccc([N+](=O)O)cc3cc2C(N)=S)cc1. The molecule has 25 heavy (non-hydrogen) atoms. The first-order chi connectivity index (χ1) is 12.0. The molecule has 0 saturated carbocycles. The highest BCUT2D eigenvalue weighted by atomic mass is 32.1. The van der Waals surface area contributed by atoms with Gasteiger partial charge < -0.3 is 14.9 Å². The van der Waals surface area contributed by atoms with Crippen molar-refractivity contribution in [3.8, 4) is 5.75 Å². The first-order valence-electron chi connectivity index (χ1n) is 7.20. The molecule has 2 aromatic carbocycles. The van der Waals surface area contributed by atoms with Crippen LogP contribution in [0.1, 0.15) is 5.56 Å². The van der Waals surface area contributed by atoms with E-state index in [0.29, 0.717) is 28.0 Å². The van der Waals surface area contributed by atoms with Crippen LogP contribution >= 0.6 is 12.2 Å². The number of nitrogens with zero attached hydrogens (tertiary/aromatic N) is 2. The average Bonchev–Trinajstić information content (AvgIpc) is 2.61. The Morgan fingerprint density at radius 3 is 2.56 bits per heavy atom. The van der Waals surface area contributed by atoms with Crippen LogP contribution in [0.15, 0.2) is 57.9 Å². The maximum absolute atomic E-state index is 11.0. The van der Waals surface area contributed by atoms with Crippen molar-refractivity contribution in [2.75, 3.05) is 7.11 Å². The fourth-order valence-corrected chi connectivity index (χ4v) is 2.42. The first kappa shape index (κ1) is 16.6. The zero-order chi connectivity index (χ0) is 18.0. The molecule has 0 bridgehead atoms. The largest absolute Gasteiger partial charge is 0.497 e. The highest BCUT2D eigenvalue weighted by Crippen LogP contribution is 2.21. The van der Waals surface area contributed by atoms with Gasteiger partial charge in [0.2, 0.25) is 5.55 Å². The summed E-state index contributed by atoms with van der Waals surface area (Å²) < 4.78 is 10.9. The number of benzene rings is 2. The lowest BCUT2D eigenvalue weighted by atomic mass is 10.1. The molecule has 1 aromatic heterocycles. The summed E-state index contributed by atoms with van der Waals surface area (Å²) in [7, 11) is 1.58. The fourth-order valence-electron chi connectivity index (χ4n) is 2.27. The second kappa shape index (κ2) is 6.70. The van der Waals surface area contributed by atoms with Crippen molar-refractivity contribution < 1.29 is 19.3 Å². The van der Waals surface area contributed by atoms with E-state index in [-0.39, 0.29) is 21.2 Å². The third kappa shape index (κ3) is 3.48. The predicted octanol–water partition coefficient (Wildman–Crippen LogP) is 3.11. The number of nitrogens with two attached hydrogens (primary N) is 1. The quantitative estimate of drug-likeness (QED) is 0.550. The summed E-state index contributed by atoms with van der Waals surface area (Å²) >= 11 is 5.07. The van der Waals surface area contributed by atoms with Gasteiger partial charge in [-0.3, -0.25) is 0 Å². The van der Waals surface area contributed by atoms with Crippen LogP contribution in [0, 0.1) is 4.91 Å². The molecule has 0 unspecified atom stereocenters. The summed E-state index contributed by atoms with van der Waals surface area (Å²) in [6.45, 7) is 0. The molecule has 3 aromatic rings. The number of ether oxygens (including phenoxy) is 1. The van der Waals surface area contributed by atoms with Gasteiger partial charge in [0.25, 0.3) is 4.92 Å². The van der Waals surface area contributed by atoms with Crippen LogP contribution in [-0.4, -0.2) is 22.2 Å². The zero-order valence-corrected chi connectivity index (χ0v) is 14.0. The third-order valence-electron chi connectivity index (χ3n) is 3.52. The minimum absolute atomic E-state index is 0.0661. The van der Waals surface area contributed by atoms with E-state index in [1.807, 2.05) is 0 Å². The molecular weight excluding hydrogens is 342 g/mol. The highest BCUT2D eigenvalue weighted by Gasteiger charge is 2.14. The van der Waals surface area contributed by atoms with Crippen LogP contribution in [0.4, 0.5) is 11.4 Å². The summed E-state index contributed by atoms with van der Waals surface area (Å²) in [6, 6.07) is 13.2. The van der Waals surface area contributed by atoms with Gasteiger partial charge in [-0.25, -0.2) is 10.2 Å². The molecule has 7 nitrogen and oxygen atoms in total. The normalized spacial score (nSPS) is 11.5. The molecule has 0 aliphatic rings.